The van der Waals surface area contributed by atoms with Gasteiger partial charge in [0.25, 0.3) is 0 Å². The minimum absolute atomic E-state index is 0.0385. The molecule has 0 heterocycles. The van der Waals surface area contributed by atoms with Crippen molar-refractivity contribution in [1.82, 2.24) is 4.90 Å². The third kappa shape index (κ3) is 3.19. The quantitative estimate of drug-likeness (QED) is 0.783. The van der Waals surface area contributed by atoms with Gasteiger partial charge < -0.3 is 10.2 Å². The molecule has 2 amide bonds. The van der Waals surface area contributed by atoms with Crippen LogP contribution in [-0.4, -0.2) is 24.0 Å². The van der Waals surface area contributed by atoms with Crippen LogP contribution in [0.1, 0.15) is 32.1 Å². The van der Waals surface area contributed by atoms with Crippen LogP contribution in [0.15, 0.2) is 29.2 Å². The van der Waals surface area contributed by atoms with E-state index in [1.807, 2.05) is 36.2 Å². The van der Waals surface area contributed by atoms with Crippen molar-refractivity contribution in [2.24, 2.45) is 0 Å². The van der Waals surface area contributed by atoms with E-state index < -0.39 is 0 Å². The molecule has 3 nitrogen and oxygen atoms in total. The predicted octanol–water partition coefficient (Wildman–Crippen LogP) is 3.77. The minimum atomic E-state index is -0.0385. The lowest BCUT2D eigenvalue weighted by atomic mass is 9.95. The van der Waals surface area contributed by atoms with E-state index in [1.54, 1.807) is 0 Å². The summed E-state index contributed by atoms with van der Waals surface area (Å²) in [5.74, 6) is 0. The van der Waals surface area contributed by atoms with Crippen molar-refractivity contribution in [3.8, 4) is 0 Å². The van der Waals surface area contributed by atoms with Crippen LogP contribution < -0.4 is 5.32 Å². The van der Waals surface area contributed by atoms with E-state index in [-0.39, 0.29) is 6.03 Å². The Hall–Kier alpha value is -1.16. The Kier molecular flexibility index (Phi) is 4.53. The fourth-order valence-electron chi connectivity index (χ4n) is 2.42. The summed E-state index contributed by atoms with van der Waals surface area (Å²) < 4.78 is 0. The summed E-state index contributed by atoms with van der Waals surface area (Å²) in [4.78, 5) is 14.8. The van der Waals surface area contributed by atoms with E-state index in [2.05, 4.69) is 17.9 Å². The molecule has 4 heteroatoms. The van der Waals surface area contributed by atoms with E-state index in [4.69, 9.17) is 0 Å². The van der Waals surface area contributed by atoms with Crippen molar-refractivity contribution in [3.63, 3.8) is 0 Å². The SMILES string of the molecule is CN(C(=O)Nc1ccccc1S)C1CCCCC1. The molecule has 0 radical (unpaired) electrons. The molecule has 1 aromatic carbocycles. The molecule has 1 aromatic rings. The highest BCUT2D eigenvalue weighted by molar-refractivity contribution is 7.80. The van der Waals surface area contributed by atoms with Crippen LogP contribution in [0.3, 0.4) is 0 Å². The third-order valence-electron chi connectivity index (χ3n) is 3.59. The molecule has 1 N–H and O–H groups in total. The summed E-state index contributed by atoms with van der Waals surface area (Å²) in [7, 11) is 1.88. The highest BCUT2D eigenvalue weighted by Gasteiger charge is 2.22. The number of nitrogens with zero attached hydrogens (tertiary/aromatic N) is 1. The first-order valence-electron chi connectivity index (χ1n) is 6.50. The molecule has 1 aliphatic carbocycles. The largest absolute Gasteiger partial charge is 0.325 e. The number of hydrogen-bond donors (Lipinski definition) is 2. The van der Waals surface area contributed by atoms with Crippen molar-refractivity contribution in [2.45, 2.75) is 43.0 Å². The number of urea groups is 1. The Morgan fingerprint density at radius 2 is 1.94 bits per heavy atom. The Morgan fingerprint density at radius 1 is 1.28 bits per heavy atom. The number of benzene rings is 1. The highest BCUT2D eigenvalue weighted by atomic mass is 32.1. The molecule has 98 valence electrons. The molecule has 1 aliphatic rings. The molecule has 0 atom stereocenters. The average molecular weight is 264 g/mol. The number of hydrogen-bond acceptors (Lipinski definition) is 2. The van der Waals surface area contributed by atoms with Crippen molar-refractivity contribution in [1.29, 1.82) is 0 Å². The molecule has 0 saturated heterocycles. The molecule has 0 aliphatic heterocycles. The molecule has 0 bridgehead atoms. The third-order valence-corrected chi connectivity index (χ3v) is 3.98. The molecule has 18 heavy (non-hydrogen) atoms. The molecule has 0 aromatic heterocycles. The fraction of sp³-hybridized carbons (Fsp3) is 0.500. The molecule has 0 unspecified atom stereocenters. The van der Waals surface area contributed by atoms with E-state index >= 15 is 0 Å². The predicted molar refractivity (Wildman–Crippen MR) is 77.3 cm³/mol. The van der Waals surface area contributed by atoms with Crippen LogP contribution in [0, 0.1) is 0 Å². The number of amides is 2. The van der Waals surface area contributed by atoms with Gasteiger partial charge in [-0.1, -0.05) is 31.4 Å². The number of thiol groups is 1. The van der Waals surface area contributed by atoms with E-state index in [9.17, 15) is 4.79 Å². The zero-order chi connectivity index (χ0) is 13.0. The first-order chi connectivity index (χ1) is 8.68. The van der Waals surface area contributed by atoms with Gasteiger partial charge >= 0.3 is 6.03 Å². The van der Waals surface area contributed by atoms with Gasteiger partial charge in [0.1, 0.15) is 0 Å². The topological polar surface area (TPSA) is 32.3 Å². The Balaban J connectivity index is 1.97. The summed E-state index contributed by atoms with van der Waals surface area (Å²) in [6, 6.07) is 7.89. The Labute approximate surface area is 114 Å². The van der Waals surface area contributed by atoms with Crippen molar-refractivity contribution >= 4 is 24.3 Å². The number of carbonyl (C=O) groups is 1. The second-order valence-corrected chi connectivity index (χ2v) is 5.33. The number of nitrogens with one attached hydrogen (secondary N) is 1. The van der Waals surface area contributed by atoms with Crippen LogP contribution in [0.2, 0.25) is 0 Å². The van der Waals surface area contributed by atoms with Crippen LogP contribution in [-0.2, 0) is 0 Å². The summed E-state index contributed by atoms with van der Waals surface area (Å²) in [5, 5.41) is 2.92. The first kappa shape index (κ1) is 13.3. The van der Waals surface area contributed by atoms with Crippen molar-refractivity contribution < 1.29 is 4.79 Å². The van der Waals surface area contributed by atoms with E-state index in [0.29, 0.717) is 6.04 Å². The summed E-state index contributed by atoms with van der Waals surface area (Å²) in [6.45, 7) is 0. The zero-order valence-electron chi connectivity index (χ0n) is 10.7. The number of rotatable bonds is 2. The van der Waals surface area contributed by atoms with E-state index in [0.717, 1.165) is 23.4 Å². The van der Waals surface area contributed by atoms with Gasteiger partial charge in [0.05, 0.1) is 5.69 Å². The maximum absolute atomic E-state index is 12.1. The van der Waals surface area contributed by atoms with E-state index in [1.165, 1.54) is 19.3 Å². The standard InChI is InChI=1S/C14H20N2OS/c1-16(11-7-3-2-4-8-11)14(17)15-12-9-5-6-10-13(12)18/h5-6,9-11,18H,2-4,7-8H2,1H3,(H,15,17). The van der Waals surface area contributed by atoms with Gasteiger partial charge in [-0.25, -0.2) is 4.79 Å². The zero-order valence-corrected chi connectivity index (χ0v) is 11.6. The van der Waals surface area contributed by atoms with Crippen molar-refractivity contribution in [3.05, 3.63) is 24.3 Å². The van der Waals surface area contributed by atoms with Crippen LogP contribution in [0.4, 0.5) is 10.5 Å². The number of carbonyl (C=O) groups excluding carboxylic acids is 1. The lowest BCUT2D eigenvalue weighted by molar-refractivity contribution is 0.186. The fourth-order valence-corrected chi connectivity index (χ4v) is 2.63. The van der Waals surface area contributed by atoms with Gasteiger partial charge in [-0.2, -0.15) is 0 Å². The normalized spacial score (nSPS) is 16.3. The van der Waals surface area contributed by atoms with Gasteiger partial charge in [0.2, 0.25) is 0 Å². The maximum Gasteiger partial charge on any atom is 0.321 e. The monoisotopic (exact) mass is 264 g/mol. The van der Waals surface area contributed by atoms with Gasteiger partial charge in [0.15, 0.2) is 0 Å². The molecular weight excluding hydrogens is 244 g/mol. The minimum Gasteiger partial charge on any atom is -0.325 e. The van der Waals surface area contributed by atoms with Crippen molar-refractivity contribution in [2.75, 3.05) is 12.4 Å². The van der Waals surface area contributed by atoms with Gasteiger partial charge in [-0.15, -0.1) is 12.6 Å². The van der Waals surface area contributed by atoms with Crippen LogP contribution >= 0.6 is 12.6 Å². The molecule has 1 saturated carbocycles. The number of para-hydroxylation sites is 1. The first-order valence-corrected chi connectivity index (χ1v) is 6.95. The molecular formula is C14H20N2OS. The Morgan fingerprint density at radius 3 is 2.61 bits per heavy atom. The second kappa shape index (κ2) is 6.14. The van der Waals surface area contributed by atoms with Crippen LogP contribution in [0.25, 0.3) is 0 Å². The summed E-state index contributed by atoms with van der Waals surface area (Å²) in [5.41, 5.74) is 0.772. The smallest absolute Gasteiger partial charge is 0.321 e. The van der Waals surface area contributed by atoms with Crippen LogP contribution in [0.5, 0.6) is 0 Å². The summed E-state index contributed by atoms with van der Waals surface area (Å²) >= 11 is 4.33. The molecule has 0 spiro atoms. The highest BCUT2D eigenvalue weighted by Crippen LogP contribution is 2.23. The summed E-state index contributed by atoms with van der Waals surface area (Å²) in [6.07, 6.45) is 5.99. The maximum atomic E-state index is 12.1. The number of anilines is 1. The lowest BCUT2D eigenvalue weighted by Gasteiger charge is -2.31. The molecule has 1 fully saturated rings. The lowest BCUT2D eigenvalue weighted by Crippen LogP contribution is -2.40. The second-order valence-electron chi connectivity index (χ2n) is 4.85. The molecule has 2 rings (SSSR count). The average Bonchev–Trinajstić information content (AvgIpc) is 2.41. The van der Waals surface area contributed by atoms with Gasteiger partial charge in [0, 0.05) is 18.0 Å². The Bertz CT molecular complexity index is 416. The van der Waals surface area contributed by atoms with Gasteiger partial charge in [-0.3, -0.25) is 0 Å². The van der Waals surface area contributed by atoms with Gasteiger partial charge in [-0.05, 0) is 25.0 Å².